The third-order valence-electron chi connectivity index (χ3n) is 14.9. The summed E-state index contributed by atoms with van der Waals surface area (Å²) in [4.78, 5) is 5.18. The van der Waals surface area contributed by atoms with E-state index in [1.54, 1.807) is 69.8 Å². The highest BCUT2D eigenvalue weighted by Crippen LogP contribution is 2.48. The Morgan fingerprint density at radius 3 is 0.900 bits per heavy atom. The summed E-state index contributed by atoms with van der Waals surface area (Å²) < 4.78 is 55.7. The molecule has 0 saturated heterocycles. The van der Waals surface area contributed by atoms with Crippen molar-refractivity contribution in [1.82, 2.24) is 14.1 Å². The molecular weight excluding hydrogens is 996 g/mol. The van der Waals surface area contributed by atoms with Gasteiger partial charge in [-0.1, -0.05) is 133 Å². The van der Waals surface area contributed by atoms with E-state index in [-0.39, 0.29) is 11.4 Å². The van der Waals surface area contributed by atoms with E-state index in [1.807, 2.05) is 170 Å². The first-order valence-corrected chi connectivity index (χ1v) is 25.5. The summed E-state index contributed by atoms with van der Waals surface area (Å²) in [5.41, 5.74) is 11.1. The van der Waals surface area contributed by atoms with E-state index in [1.165, 1.54) is 0 Å². The van der Waals surface area contributed by atoms with Crippen molar-refractivity contribution in [3.8, 4) is 103 Å². The number of aromatic nitrogens is 3. The van der Waals surface area contributed by atoms with Crippen molar-refractivity contribution in [1.29, 1.82) is 21.0 Å². The van der Waals surface area contributed by atoms with Crippen molar-refractivity contribution >= 4 is 43.6 Å². The molecule has 0 aliphatic heterocycles. The lowest BCUT2D eigenvalue weighted by atomic mass is 10.00. The normalized spacial score (nSPS) is 11.4. The number of benzene rings is 10. The van der Waals surface area contributed by atoms with Crippen LogP contribution < -0.4 is 0 Å². The standard InChI is InChI=1S/C70H38F3N7/c71-70(72,73)69-67(79-63-33-52(47-17-9-43(39-74)10-18-47)25-29-57(63)58-30-26-53(34-64(58)79)48-19-11-44(40-75)12-20-48)37-56(62-8-4-7-61(78-62)51-5-2-1-3-6-51)38-68(69)80-65-35-54(49-21-13-45(41-76)14-22-49)27-31-59(65)60-32-28-55(36-66(60)80)50-23-15-46(42-77)16-24-50/h1-38H. The number of nitriles is 4. The average Bonchev–Trinajstić information content (AvgIpc) is 4.22. The first-order valence-electron chi connectivity index (χ1n) is 25.5. The number of hydrogen-bond donors (Lipinski definition) is 0. The summed E-state index contributed by atoms with van der Waals surface area (Å²) in [5, 5.41) is 41.5. The van der Waals surface area contributed by atoms with Gasteiger partial charge in [-0.25, -0.2) is 4.98 Å². The molecule has 0 amide bonds. The van der Waals surface area contributed by atoms with Gasteiger partial charge in [0.25, 0.3) is 0 Å². The second-order valence-electron chi connectivity index (χ2n) is 19.5. The molecule has 80 heavy (non-hydrogen) atoms. The van der Waals surface area contributed by atoms with Crippen LogP contribution in [0.2, 0.25) is 0 Å². The minimum Gasteiger partial charge on any atom is -0.308 e. The summed E-state index contributed by atoms with van der Waals surface area (Å²) in [7, 11) is 0. The molecule has 0 spiro atoms. The second kappa shape index (κ2) is 19.4. The minimum absolute atomic E-state index is 0.146. The van der Waals surface area contributed by atoms with Crippen LogP contribution in [0.15, 0.2) is 231 Å². The van der Waals surface area contributed by atoms with Crippen molar-refractivity contribution in [2.24, 2.45) is 0 Å². The highest BCUT2D eigenvalue weighted by molar-refractivity contribution is 6.13. The second-order valence-corrected chi connectivity index (χ2v) is 19.5. The molecule has 374 valence electrons. The van der Waals surface area contributed by atoms with Gasteiger partial charge in [-0.15, -0.1) is 0 Å². The molecule has 0 aliphatic carbocycles. The Balaban J connectivity index is 1.19. The largest absolute Gasteiger partial charge is 0.420 e. The number of nitrogens with zero attached hydrogens (tertiary/aromatic N) is 7. The van der Waals surface area contributed by atoms with Gasteiger partial charge >= 0.3 is 6.18 Å². The molecule has 0 radical (unpaired) electrons. The average molecular weight is 1030 g/mol. The van der Waals surface area contributed by atoms with Crippen molar-refractivity contribution in [2.45, 2.75) is 6.18 Å². The molecule has 0 unspecified atom stereocenters. The molecule has 10 heteroatoms. The molecule has 0 N–H and O–H groups in total. The summed E-state index contributed by atoms with van der Waals surface area (Å²) >= 11 is 0. The van der Waals surface area contributed by atoms with Crippen LogP contribution in [-0.2, 0) is 6.18 Å². The molecule has 10 aromatic carbocycles. The van der Waals surface area contributed by atoms with E-state index < -0.39 is 11.7 Å². The maximum absolute atomic E-state index is 17.4. The van der Waals surface area contributed by atoms with E-state index in [0.29, 0.717) is 82.8 Å². The van der Waals surface area contributed by atoms with Crippen LogP contribution in [0.5, 0.6) is 0 Å². The van der Waals surface area contributed by atoms with Crippen LogP contribution >= 0.6 is 0 Å². The Kier molecular flexibility index (Phi) is 11.7. The van der Waals surface area contributed by atoms with Gasteiger partial charge in [-0.05, 0) is 142 Å². The summed E-state index contributed by atoms with van der Waals surface area (Å²) in [6, 6.07) is 78.7. The number of pyridine rings is 1. The minimum atomic E-state index is -5.00. The van der Waals surface area contributed by atoms with E-state index in [0.717, 1.165) is 50.1 Å². The zero-order chi connectivity index (χ0) is 54.6. The Morgan fingerprint density at radius 2 is 0.600 bits per heavy atom. The Labute approximate surface area is 457 Å². The van der Waals surface area contributed by atoms with Crippen LogP contribution in [0.4, 0.5) is 13.2 Å². The predicted octanol–water partition coefficient (Wildman–Crippen LogP) is 17.8. The van der Waals surface area contributed by atoms with E-state index >= 15 is 13.2 Å². The molecule has 3 heterocycles. The van der Waals surface area contributed by atoms with E-state index in [2.05, 4.69) is 24.3 Å². The third kappa shape index (κ3) is 8.44. The Morgan fingerprint density at radius 1 is 0.300 bits per heavy atom. The molecule has 0 aliphatic rings. The molecule has 0 bridgehead atoms. The first-order chi connectivity index (χ1) is 39.1. The summed E-state index contributed by atoms with van der Waals surface area (Å²) in [6.07, 6.45) is -5.00. The van der Waals surface area contributed by atoms with Crippen molar-refractivity contribution in [2.75, 3.05) is 0 Å². The fourth-order valence-electron chi connectivity index (χ4n) is 11.0. The Hall–Kier alpha value is -11.3. The van der Waals surface area contributed by atoms with Crippen molar-refractivity contribution in [3.05, 3.63) is 258 Å². The third-order valence-corrected chi connectivity index (χ3v) is 14.9. The quantitative estimate of drug-likeness (QED) is 0.150. The lowest BCUT2D eigenvalue weighted by molar-refractivity contribution is -0.137. The van der Waals surface area contributed by atoms with Gasteiger partial charge in [-0.3, -0.25) is 0 Å². The molecule has 13 rings (SSSR count). The van der Waals surface area contributed by atoms with Crippen LogP contribution in [0.1, 0.15) is 27.8 Å². The Bertz CT molecular complexity index is 4330. The smallest absolute Gasteiger partial charge is 0.308 e. The van der Waals surface area contributed by atoms with Crippen LogP contribution in [0.25, 0.3) is 122 Å². The van der Waals surface area contributed by atoms with Gasteiger partial charge in [-0.2, -0.15) is 34.2 Å². The molecule has 0 fully saturated rings. The molecule has 0 atom stereocenters. The fraction of sp³-hybridized carbons (Fsp3) is 0.0143. The van der Waals surface area contributed by atoms with Gasteiger partial charge in [0, 0.05) is 32.7 Å². The number of fused-ring (bicyclic) bond motifs is 6. The fourth-order valence-corrected chi connectivity index (χ4v) is 11.0. The van der Waals surface area contributed by atoms with Gasteiger partial charge in [0.15, 0.2) is 0 Å². The molecule has 3 aromatic heterocycles. The van der Waals surface area contributed by atoms with Gasteiger partial charge in [0.2, 0.25) is 0 Å². The molecular formula is C70H38F3N7. The van der Waals surface area contributed by atoms with Crippen LogP contribution in [0, 0.1) is 45.3 Å². The number of halogens is 3. The summed E-state index contributed by atoms with van der Waals surface area (Å²) in [5.74, 6) is 0. The van der Waals surface area contributed by atoms with Crippen LogP contribution in [0.3, 0.4) is 0 Å². The van der Waals surface area contributed by atoms with Gasteiger partial charge in [0.1, 0.15) is 5.56 Å². The highest BCUT2D eigenvalue weighted by atomic mass is 19.4. The van der Waals surface area contributed by atoms with Crippen molar-refractivity contribution < 1.29 is 13.2 Å². The zero-order valence-electron chi connectivity index (χ0n) is 42.2. The maximum atomic E-state index is 17.4. The van der Waals surface area contributed by atoms with E-state index in [4.69, 9.17) is 4.98 Å². The highest BCUT2D eigenvalue weighted by Gasteiger charge is 2.40. The molecule has 7 nitrogen and oxygen atoms in total. The number of hydrogen-bond acceptors (Lipinski definition) is 5. The molecule has 13 aromatic rings. The lowest BCUT2D eigenvalue weighted by Gasteiger charge is -2.23. The van der Waals surface area contributed by atoms with E-state index in [9.17, 15) is 21.0 Å². The summed E-state index contributed by atoms with van der Waals surface area (Å²) in [6.45, 7) is 0. The SMILES string of the molecule is N#Cc1ccc(-c2ccc3c4ccc(-c5ccc(C#N)cc5)cc4n(-c4cc(-c5cccc(-c6ccccc6)n5)cc(-n5c6cc(-c7ccc(C#N)cc7)ccc6c6ccc(-c7ccc(C#N)cc7)cc65)c4C(F)(F)F)c3c2)cc1. The lowest BCUT2D eigenvalue weighted by Crippen LogP contribution is -2.16. The van der Waals surface area contributed by atoms with Crippen molar-refractivity contribution in [3.63, 3.8) is 0 Å². The van der Waals surface area contributed by atoms with Crippen LogP contribution in [-0.4, -0.2) is 14.1 Å². The predicted molar refractivity (Wildman–Crippen MR) is 309 cm³/mol. The van der Waals surface area contributed by atoms with Gasteiger partial charge in [0.05, 0.1) is 91.4 Å². The first kappa shape index (κ1) is 48.3. The maximum Gasteiger partial charge on any atom is 0.420 e. The number of rotatable bonds is 8. The monoisotopic (exact) mass is 1030 g/mol. The topological polar surface area (TPSA) is 118 Å². The zero-order valence-corrected chi connectivity index (χ0v) is 42.2. The number of alkyl halides is 3. The molecule has 0 saturated carbocycles. The van der Waals surface area contributed by atoms with Gasteiger partial charge < -0.3 is 9.13 Å².